The molecule has 1 fully saturated rings. The summed E-state index contributed by atoms with van der Waals surface area (Å²) >= 11 is 0. The summed E-state index contributed by atoms with van der Waals surface area (Å²) in [6, 6.07) is 10.7. The molecule has 3 nitrogen and oxygen atoms in total. The van der Waals surface area contributed by atoms with Gasteiger partial charge in [-0.3, -0.25) is 0 Å². The van der Waals surface area contributed by atoms with Crippen LogP contribution in [0.1, 0.15) is 44.7 Å². The lowest BCUT2D eigenvalue weighted by molar-refractivity contribution is 0.233. The number of nitrogens with zero attached hydrogens (tertiary/aromatic N) is 1. The van der Waals surface area contributed by atoms with Crippen molar-refractivity contribution >= 4 is 0 Å². The van der Waals surface area contributed by atoms with Crippen LogP contribution in [0.15, 0.2) is 24.3 Å². The molecule has 0 heterocycles. The zero-order chi connectivity index (χ0) is 13.7. The molecular formula is C16H22N2O. The maximum Gasteiger partial charge on any atom is 0.124 e. The van der Waals surface area contributed by atoms with Crippen molar-refractivity contribution in [2.75, 3.05) is 13.2 Å². The van der Waals surface area contributed by atoms with Gasteiger partial charge < -0.3 is 10.1 Å². The van der Waals surface area contributed by atoms with Crippen LogP contribution in [0.3, 0.4) is 0 Å². The van der Waals surface area contributed by atoms with Gasteiger partial charge in [0, 0.05) is 23.4 Å². The topological polar surface area (TPSA) is 45.0 Å². The van der Waals surface area contributed by atoms with Crippen LogP contribution in [-0.4, -0.2) is 13.2 Å². The fraction of sp³-hybridized carbons (Fsp3) is 0.562. The van der Waals surface area contributed by atoms with Gasteiger partial charge in [-0.1, -0.05) is 25.1 Å². The summed E-state index contributed by atoms with van der Waals surface area (Å²) < 4.78 is 5.99. The molecule has 1 aromatic rings. The highest BCUT2D eigenvalue weighted by Gasteiger charge is 2.43. The first-order valence-corrected chi connectivity index (χ1v) is 7.03. The maximum atomic E-state index is 8.84. The van der Waals surface area contributed by atoms with E-state index in [1.807, 2.05) is 18.2 Å². The summed E-state index contributed by atoms with van der Waals surface area (Å²) in [5.74, 6) is 0.945. The average Bonchev–Trinajstić information content (AvgIpc) is 3.18. The first-order chi connectivity index (χ1) is 9.21. The van der Waals surface area contributed by atoms with Crippen LogP contribution in [-0.2, 0) is 0 Å². The molecule has 102 valence electrons. The Bertz CT molecular complexity index is 460. The van der Waals surface area contributed by atoms with Crippen molar-refractivity contribution in [1.82, 2.24) is 5.32 Å². The molecule has 0 bridgehead atoms. The van der Waals surface area contributed by atoms with E-state index < -0.39 is 0 Å². The molecule has 1 aliphatic carbocycles. The minimum atomic E-state index is 0.128. The highest BCUT2D eigenvalue weighted by molar-refractivity contribution is 5.35. The Morgan fingerprint density at radius 3 is 2.79 bits per heavy atom. The highest BCUT2D eigenvalue weighted by Crippen LogP contribution is 2.48. The first-order valence-electron chi connectivity index (χ1n) is 7.03. The summed E-state index contributed by atoms with van der Waals surface area (Å²) in [5, 5.41) is 12.2. The fourth-order valence-corrected chi connectivity index (χ4v) is 2.33. The number of para-hydroxylation sites is 1. The van der Waals surface area contributed by atoms with Crippen molar-refractivity contribution in [1.29, 1.82) is 5.26 Å². The monoisotopic (exact) mass is 258 g/mol. The summed E-state index contributed by atoms with van der Waals surface area (Å²) in [6.07, 6.45) is 2.84. The van der Waals surface area contributed by atoms with E-state index in [-0.39, 0.29) is 11.5 Å². The fourth-order valence-electron chi connectivity index (χ4n) is 2.33. The van der Waals surface area contributed by atoms with Crippen LogP contribution in [0.25, 0.3) is 0 Å². The Hall–Kier alpha value is -1.53. The van der Waals surface area contributed by atoms with Crippen molar-refractivity contribution in [2.24, 2.45) is 5.41 Å². The van der Waals surface area contributed by atoms with E-state index in [9.17, 15) is 0 Å². The van der Waals surface area contributed by atoms with Gasteiger partial charge in [0.2, 0.25) is 0 Å². The van der Waals surface area contributed by atoms with Crippen molar-refractivity contribution in [3.8, 4) is 11.8 Å². The van der Waals surface area contributed by atoms with Crippen LogP contribution in [0.4, 0.5) is 0 Å². The third-order valence-electron chi connectivity index (χ3n) is 3.84. The van der Waals surface area contributed by atoms with Gasteiger partial charge >= 0.3 is 0 Å². The van der Waals surface area contributed by atoms with E-state index >= 15 is 0 Å². The van der Waals surface area contributed by atoms with Gasteiger partial charge in [-0.05, 0) is 32.4 Å². The first kappa shape index (κ1) is 13.9. The van der Waals surface area contributed by atoms with Gasteiger partial charge in [-0.15, -0.1) is 0 Å². The van der Waals surface area contributed by atoms with E-state index in [2.05, 4.69) is 31.3 Å². The van der Waals surface area contributed by atoms with Crippen LogP contribution in [0, 0.1) is 16.7 Å². The van der Waals surface area contributed by atoms with Gasteiger partial charge in [0.25, 0.3) is 0 Å². The molecule has 2 rings (SSSR count). The van der Waals surface area contributed by atoms with Crippen molar-refractivity contribution in [2.45, 2.75) is 39.2 Å². The minimum absolute atomic E-state index is 0.128. The lowest BCUT2D eigenvalue weighted by Crippen LogP contribution is -2.19. The van der Waals surface area contributed by atoms with E-state index in [1.165, 1.54) is 5.56 Å². The third kappa shape index (κ3) is 3.48. The predicted octanol–water partition coefficient (Wildman–Crippen LogP) is 3.43. The van der Waals surface area contributed by atoms with Crippen LogP contribution in [0.5, 0.6) is 5.75 Å². The quantitative estimate of drug-likeness (QED) is 0.815. The van der Waals surface area contributed by atoms with Crippen LogP contribution >= 0.6 is 0 Å². The smallest absolute Gasteiger partial charge is 0.124 e. The summed E-state index contributed by atoms with van der Waals surface area (Å²) in [5.41, 5.74) is 1.32. The normalized spacial score (nSPS) is 17.5. The van der Waals surface area contributed by atoms with Crippen molar-refractivity contribution in [3.05, 3.63) is 29.8 Å². The van der Waals surface area contributed by atoms with Crippen molar-refractivity contribution < 1.29 is 4.74 Å². The third-order valence-corrected chi connectivity index (χ3v) is 3.84. The molecule has 1 unspecified atom stereocenters. The SMILES string of the molecule is CCNC(C)c1ccccc1OCC1(CC#N)CC1. The molecule has 0 aliphatic heterocycles. The molecule has 1 aliphatic rings. The van der Waals surface area contributed by atoms with E-state index in [0.29, 0.717) is 13.0 Å². The molecular weight excluding hydrogens is 236 g/mol. The number of rotatable bonds is 7. The molecule has 19 heavy (non-hydrogen) atoms. The number of nitrogens with one attached hydrogen (secondary N) is 1. The molecule has 0 spiro atoms. The molecule has 0 aromatic heterocycles. The lowest BCUT2D eigenvalue weighted by Gasteiger charge is -2.19. The lowest BCUT2D eigenvalue weighted by atomic mass is 10.0. The van der Waals surface area contributed by atoms with Gasteiger partial charge in [-0.2, -0.15) is 5.26 Å². The molecule has 1 saturated carbocycles. The van der Waals surface area contributed by atoms with E-state index in [0.717, 1.165) is 25.1 Å². The standard InChI is InChI=1S/C16H22N2O/c1-3-18-13(2)14-6-4-5-7-15(14)19-12-16(8-9-16)10-11-17/h4-7,13,18H,3,8-10,12H2,1-2H3. The maximum absolute atomic E-state index is 8.84. The molecule has 0 saturated heterocycles. The molecule has 0 amide bonds. The second-order valence-corrected chi connectivity index (χ2v) is 5.44. The Morgan fingerprint density at radius 1 is 1.42 bits per heavy atom. The Morgan fingerprint density at radius 2 is 2.16 bits per heavy atom. The van der Waals surface area contributed by atoms with Crippen LogP contribution in [0.2, 0.25) is 0 Å². The second-order valence-electron chi connectivity index (χ2n) is 5.44. The Labute approximate surface area is 115 Å². The minimum Gasteiger partial charge on any atom is -0.493 e. The van der Waals surface area contributed by atoms with E-state index in [1.54, 1.807) is 0 Å². The van der Waals surface area contributed by atoms with Gasteiger partial charge in [0.1, 0.15) is 5.75 Å². The zero-order valence-corrected chi connectivity index (χ0v) is 11.8. The molecule has 1 aromatic carbocycles. The molecule has 3 heteroatoms. The van der Waals surface area contributed by atoms with Crippen molar-refractivity contribution in [3.63, 3.8) is 0 Å². The number of hydrogen-bond donors (Lipinski definition) is 1. The summed E-state index contributed by atoms with van der Waals surface area (Å²) in [7, 11) is 0. The van der Waals surface area contributed by atoms with Crippen LogP contribution < -0.4 is 10.1 Å². The number of nitriles is 1. The largest absolute Gasteiger partial charge is 0.493 e. The Balaban J connectivity index is 2.02. The van der Waals surface area contributed by atoms with E-state index in [4.69, 9.17) is 10.00 Å². The Kier molecular flexibility index (Phi) is 4.44. The zero-order valence-electron chi connectivity index (χ0n) is 11.8. The summed E-state index contributed by atoms with van der Waals surface area (Å²) in [4.78, 5) is 0. The number of ether oxygens (including phenoxy) is 1. The number of hydrogen-bond acceptors (Lipinski definition) is 3. The van der Waals surface area contributed by atoms with Gasteiger partial charge in [-0.25, -0.2) is 0 Å². The highest BCUT2D eigenvalue weighted by atomic mass is 16.5. The number of benzene rings is 1. The molecule has 1 N–H and O–H groups in total. The average molecular weight is 258 g/mol. The van der Waals surface area contributed by atoms with Gasteiger partial charge in [0.05, 0.1) is 12.7 Å². The molecule has 0 radical (unpaired) electrons. The second kappa shape index (κ2) is 6.08. The molecule has 1 atom stereocenters. The van der Waals surface area contributed by atoms with Gasteiger partial charge in [0.15, 0.2) is 0 Å². The predicted molar refractivity (Wildman–Crippen MR) is 75.9 cm³/mol. The summed E-state index contributed by atoms with van der Waals surface area (Å²) in [6.45, 7) is 5.85.